The number of pyridine rings is 1. The van der Waals surface area contributed by atoms with Gasteiger partial charge >= 0.3 is 0 Å². The number of amides is 1. The van der Waals surface area contributed by atoms with Crippen LogP contribution < -0.4 is 4.90 Å². The summed E-state index contributed by atoms with van der Waals surface area (Å²) in [6, 6.07) is 23.9. The number of aryl methyl sites for hydroxylation is 2. The Morgan fingerprint density at radius 3 is 2.48 bits per heavy atom. The van der Waals surface area contributed by atoms with Gasteiger partial charge in [0.15, 0.2) is 5.13 Å². The Morgan fingerprint density at radius 1 is 0.975 bits per heavy atom. The van der Waals surface area contributed by atoms with Crippen LogP contribution in [0.1, 0.15) is 38.3 Å². The molecule has 0 bridgehead atoms. The molecule has 202 valence electrons. The molecule has 0 N–H and O–H groups in total. The molecule has 7 nitrogen and oxygen atoms in total. The molecule has 0 aliphatic carbocycles. The van der Waals surface area contributed by atoms with Gasteiger partial charge in [0.25, 0.3) is 5.91 Å². The predicted molar refractivity (Wildman–Crippen MR) is 158 cm³/mol. The topological polar surface area (TPSA) is 83.5 Å². The normalized spacial score (nSPS) is 13.8. The van der Waals surface area contributed by atoms with E-state index in [0.717, 1.165) is 32.6 Å². The highest BCUT2D eigenvalue weighted by atomic mass is 32.2. The molecular formula is C31H28N4O3S2. The van der Waals surface area contributed by atoms with Gasteiger partial charge in [0.1, 0.15) is 0 Å². The van der Waals surface area contributed by atoms with Crippen molar-refractivity contribution in [2.24, 2.45) is 0 Å². The molecule has 5 aromatic rings. The first kappa shape index (κ1) is 26.3. The fourth-order valence-electron chi connectivity index (χ4n) is 5.11. The van der Waals surface area contributed by atoms with E-state index in [1.807, 2.05) is 62.4 Å². The zero-order chi connectivity index (χ0) is 27.9. The molecule has 40 heavy (non-hydrogen) atoms. The molecular weight excluding hydrogens is 541 g/mol. The van der Waals surface area contributed by atoms with Crippen molar-refractivity contribution < 1.29 is 13.2 Å². The van der Waals surface area contributed by atoms with Crippen LogP contribution in [0, 0.1) is 13.8 Å². The number of anilines is 1. The molecule has 0 saturated carbocycles. The number of carbonyl (C=O) groups excluding carboxylic acids is 1. The van der Waals surface area contributed by atoms with E-state index in [9.17, 15) is 13.2 Å². The summed E-state index contributed by atoms with van der Waals surface area (Å²) in [6.07, 6.45) is 2.37. The van der Waals surface area contributed by atoms with E-state index < -0.39 is 10.0 Å². The molecule has 1 aliphatic heterocycles. The lowest BCUT2D eigenvalue weighted by Crippen LogP contribution is -2.36. The zero-order valence-electron chi connectivity index (χ0n) is 22.2. The standard InChI is InChI=1S/C31H28N4O3S2/c1-21-17-22(2)29-28(18-21)33-31(39-29)35(20-26-9-5-6-15-32-26)30(36)24-10-12-27(13-11-24)40(37,38)34-16-14-23-7-3-4-8-25(23)19-34/h3-13,15,17-18H,14,16,19-20H2,1-2H3. The fraction of sp³-hybridized carbons (Fsp3) is 0.194. The third kappa shape index (κ3) is 5.03. The average molecular weight is 569 g/mol. The minimum atomic E-state index is -3.71. The van der Waals surface area contributed by atoms with Crippen LogP contribution in [0.15, 0.2) is 90.0 Å². The van der Waals surface area contributed by atoms with E-state index in [1.54, 1.807) is 23.2 Å². The Kier molecular flexibility index (Phi) is 6.95. The van der Waals surface area contributed by atoms with Gasteiger partial charge in [0, 0.05) is 24.8 Å². The number of sulfonamides is 1. The van der Waals surface area contributed by atoms with Crippen molar-refractivity contribution in [2.75, 3.05) is 11.4 Å². The molecule has 1 aliphatic rings. The smallest absolute Gasteiger partial charge is 0.260 e. The third-order valence-corrected chi connectivity index (χ3v) is 10.3. The predicted octanol–water partition coefficient (Wildman–Crippen LogP) is 5.90. The van der Waals surface area contributed by atoms with Gasteiger partial charge in [-0.1, -0.05) is 47.7 Å². The molecule has 3 aromatic carbocycles. The van der Waals surface area contributed by atoms with Gasteiger partial charge in [0.05, 0.1) is 27.4 Å². The lowest BCUT2D eigenvalue weighted by atomic mass is 10.0. The van der Waals surface area contributed by atoms with Gasteiger partial charge in [-0.25, -0.2) is 13.4 Å². The summed E-state index contributed by atoms with van der Waals surface area (Å²) in [6.45, 7) is 5.08. The minimum Gasteiger partial charge on any atom is -0.278 e. The van der Waals surface area contributed by atoms with Crippen molar-refractivity contribution in [3.05, 3.63) is 119 Å². The van der Waals surface area contributed by atoms with Crippen molar-refractivity contribution in [3.8, 4) is 0 Å². The number of hydrogen-bond acceptors (Lipinski definition) is 6. The molecule has 0 radical (unpaired) electrons. The minimum absolute atomic E-state index is 0.172. The lowest BCUT2D eigenvalue weighted by molar-refractivity contribution is 0.0984. The van der Waals surface area contributed by atoms with E-state index in [-0.39, 0.29) is 17.3 Å². The molecule has 9 heteroatoms. The van der Waals surface area contributed by atoms with E-state index >= 15 is 0 Å². The number of thiazole rings is 1. The van der Waals surface area contributed by atoms with Crippen LogP contribution in [-0.4, -0.2) is 35.1 Å². The first-order chi connectivity index (χ1) is 19.3. The van der Waals surface area contributed by atoms with Gasteiger partial charge < -0.3 is 0 Å². The summed E-state index contributed by atoms with van der Waals surface area (Å²) in [7, 11) is -3.71. The SMILES string of the molecule is Cc1cc(C)c2sc(N(Cc3ccccn3)C(=O)c3ccc(S(=O)(=O)N4CCc5ccccc5C4)cc3)nc2c1. The number of nitrogens with zero attached hydrogens (tertiary/aromatic N) is 4. The van der Waals surface area contributed by atoms with Crippen LogP contribution >= 0.6 is 11.3 Å². The summed E-state index contributed by atoms with van der Waals surface area (Å²) in [5.41, 5.74) is 6.38. The second-order valence-electron chi connectivity index (χ2n) is 10.0. The quantitative estimate of drug-likeness (QED) is 0.255. The molecule has 2 aromatic heterocycles. The molecule has 0 saturated heterocycles. The molecule has 0 atom stereocenters. The van der Waals surface area contributed by atoms with Crippen LogP contribution in [0.5, 0.6) is 0 Å². The first-order valence-electron chi connectivity index (χ1n) is 13.1. The molecule has 1 amide bonds. The van der Waals surface area contributed by atoms with Crippen LogP contribution in [0.2, 0.25) is 0 Å². The van der Waals surface area contributed by atoms with Crippen molar-refractivity contribution >= 4 is 42.6 Å². The summed E-state index contributed by atoms with van der Waals surface area (Å²) < 4.78 is 29.4. The van der Waals surface area contributed by atoms with Gasteiger partial charge in [0.2, 0.25) is 10.0 Å². The van der Waals surface area contributed by atoms with Gasteiger partial charge in [-0.05, 0) is 85.0 Å². The fourth-order valence-corrected chi connectivity index (χ4v) is 7.54. The number of carbonyl (C=O) groups is 1. The lowest BCUT2D eigenvalue weighted by Gasteiger charge is -2.28. The van der Waals surface area contributed by atoms with Crippen molar-refractivity contribution in [1.29, 1.82) is 0 Å². The van der Waals surface area contributed by atoms with Crippen molar-refractivity contribution in [3.63, 3.8) is 0 Å². The number of aromatic nitrogens is 2. The van der Waals surface area contributed by atoms with E-state index in [0.29, 0.717) is 30.2 Å². The highest BCUT2D eigenvalue weighted by Crippen LogP contribution is 2.34. The Morgan fingerprint density at radius 2 is 1.73 bits per heavy atom. The Hall–Kier alpha value is -3.92. The summed E-state index contributed by atoms with van der Waals surface area (Å²) in [4.78, 5) is 24.9. The molecule has 0 unspecified atom stereocenters. The highest BCUT2D eigenvalue weighted by Gasteiger charge is 2.29. The molecule has 0 spiro atoms. The number of hydrogen-bond donors (Lipinski definition) is 0. The first-order valence-corrected chi connectivity index (χ1v) is 15.3. The molecule has 6 rings (SSSR count). The largest absolute Gasteiger partial charge is 0.278 e. The Bertz CT molecular complexity index is 1820. The Balaban J connectivity index is 1.30. The Labute approximate surface area is 237 Å². The van der Waals surface area contributed by atoms with E-state index in [2.05, 4.69) is 11.1 Å². The second-order valence-corrected chi connectivity index (χ2v) is 12.9. The molecule has 3 heterocycles. The summed E-state index contributed by atoms with van der Waals surface area (Å²) in [5.74, 6) is -0.269. The maximum atomic E-state index is 13.9. The third-order valence-electron chi connectivity index (χ3n) is 7.17. The number of fused-ring (bicyclic) bond motifs is 2. The van der Waals surface area contributed by atoms with E-state index in [4.69, 9.17) is 4.98 Å². The summed E-state index contributed by atoms with van der Waals surface area (Å²) in [5, 5.41) is 0.572. The zero-order valence-corrected chi connectivity index (χ0v) is 23.9. The van der Waals surface area contributed by atoms with Crippen molar-refractivity contribution in [2.45, 2.75) is 38.3 Å². The highest BCUT2D eigenvalue weighted by molar-refractivity contribution is 7.89. The number of benzene rings is 3. The maximum absolute atomic E-state index is 13.9. The summed E-state index contributed by atoms with van der Waals surface area (Å²) >= 11 is 1.47. The van der Waals surface area contributed by atoms with Gasteiger partial charge in [-0.3, -0.25) is 14.7 Å². The monoisotopic (exact) mass is 568 g/mol. The second kappa shape index (κ2) is 10.6. The average Bonchev–Trinajstić information content (AvgIpc) is 3.40. The van der Waals surface area contributed by atoms with Crippen LogP contribution in [0.4, 0.5) is 5.13 Å². The van der Waals surface area contributed by atoms with Gasteiger partial charge in [-0.2, -0.15) is 4.31 Å². The van der Waals surface area contributed by atoms with Crippen molar-refractivity contribution in [1.82, 2.24) is 14.3 Å². The maximum Gasteiger partial charge on any atom is 0.260 e. The van der Waals surface area contributed by atoms with E-state index in [1.165, 1.54) is 33.3 Å². The van der Waals surface area contributed by atoms with Crippen LogP contribution in [-0.2, 0) is 29.5 Å². The van der Waals surface area contributed by atoms with Gasteiger partial charge in [-0.15, -0.1) is 0 Å². The van der Waals surface area contributed by atoms with Crippen LogP contribution in [0.25, 0.3) is 10.2 Å². The van der Waals surface area contributed by atoms with Crippen LogP contribution in [0.3, 0.4) is 0 Å². The molecule has 0 fully saturated rings. The number of rotatable bonds is 6.